The Morgan fingerprint density at radius 2 is 1.84 bits per heavy atom. The molecule has 0 spiro atoms. The van der Waals surface area contributed by atoms with Crippen LogP contribution in [0.15, 0.2) is 73.1 Å². The van der Waals surface area contributed by atoms with Gasteiger partial charge in [-0.05, 0) is 42.5 Å². The van der Waals surface area contributed by atoms with E-state index in [0.29, 0.717) is 22.7 Å². The molecule has 152 valence electrons. The molecule has 5 aromatic rings. The smallest absolute Gasteiger partial charge is 0.273 e. The summed E-state index contributed by atoms with van der Waals surface area (Å²) in [5.41, 5.74) is 4.77. The lowest BCUT2D eigenvalue weighted by molar-refractivity contribution is 0.102. The number of aromatic nitrogens is 6. The predicted molar refractivity (Wildman–Crippen MR) is 115 cm³/mol. The summed E-state index contributed by atoms with van der Waals surface area (Å²) < 4.78 is 6.85. The van der Waals surface area contributed by atoms with Crippen LogP contribution in [0.1, 0.15) is 10.5 Å². The first-order valence-corrected chi connectivity index (χ1v) is 9.48. The molecular weight excluding hydrogens is 394 g/mol. The van der Waals surface area contributed by atoms with Crippen molar-refractivity contribution >= 4 is 17.2 Å². The van der Waals surface area contributed by atoms with Crippen LogP contribution in [0.25, 0.3) is 28.2 Å². The molecule has 2 N–H and O–H groups in total. The molecule has 9 nitrogen and oxygen atoms in total. The number of ether oxygens (including phenoxy) is 1. The fourth-order valence-corrected chi connectivity index (χ4v) is 3.21. The van der Waals surface area contributed by atoms with E-state index >= 15 is 0 Å². The van der Waals surface area contributed by atoms with Gasteiger partial charge in [-0.1, -0.05) is 24.3 Å². The largest absolute Gasteiger partial charge is 0.497 e. The Labute approximate surface area is 176 Å². The first-order chi connectivity index (χ1) is 15.2. The molecule has 0 radical (unpaired) electrons. The molecule has 0 aliphatic heterocycles. The highest BCUT2D eigenvalue weighted by molar-refractivity contribution is 6.03. The number of carbonyl (C=O) groups excluding carboxylic acids is 1. The Morgan fingerprint density at radius 3 is 2.71 bits per heavy atom. The number of nitrogens with zero attached hydrogens (tertiary/aromatic N) is 5. The first kappa shape index (κ1) is 18.5. The van der Waals surface area contributed by atoms with Crippen LogP contribution in [0.4, 0.5) is 5.69 Å². The monoisotopic (exact) mass is 411 g/mol. The molecule has 3 heterocycles. The molecule has 31 heavy (non-hydrogen) atoms. The number of methoxy groups -OCH3 is 1. The number of amides is 1. The highest BCUT2D eigenvalue weighted by Gasteiger charge is 2.13. The van der Waals surface area contributed by atoms with Gasteiger partial charge in [-0.2, -0.15) is 14.7 Å². The van der Waals surface area contributed by atoms with Gasteiger partial charge in [0.1, 0.15) is 17.8 Å². The van der Waals surface area contributed by atoms with Gasteiger partial charge in [-0.25, -0.2) is 0 Å². The molecule has 0 aliphatic carbocycles. The number of hydrogen-bond acceptors (Lipinski definition) is 6. The topological polar surface area (TPSA) is 110 Å². The number of nitrogens with one attached hydrogen (secondary N) is 2. The summed E-state index contributed by atoms with van der Waals surface area (Å²) >= 11 is 0. The Hall–Kier alpha value is -4.53. The van der Waals surface area contributed by atoms with Crippen LogP contribution in [0.3, 0.4) is 0 Å². The summed E-state index contributed by atoms with van der Waals surface area (Å²) in [4.78, 5) is 12.7. The third-order valence-electron chi connectivity index (χ3n) is 4.77. The van der Waals surface area contributed by atoms with Gasteiger partial charge in [0.2, 0.25) is 0 Å². The van der Waals surface area contributed by atoms with E-state index in [1.165, 1.54) is 0 Å². The van der Waals surface area contributed by atoms with Crippen molar-refractivity contribution < 1.29 is 9.53 Å². The Bertz CT molecular complexity index is 1390. The minimum atomic E-state index is -0.291. The van der Waals surface area contributed by atoms with Crippen molar-refractivity contribution in [3.05, 3.63) is 78.8 Å². The van der Waals surface area contributed by atoms with Crippen molar-refractivity contribution in [1.82, 2.24) is 30.0 Å². The van der Waals surface area contributed by atoms with Gasteiger partial charge in [0.15, 0.2) is 5.65 Å². The number of H-pyrrole nitrogens is 1. The molecule has 0 saturated carbocycles. The van der Waals surface area contributed by atoms with Crippen LogP contribution in [0.5, 0.6) is 5.75 Å². The van der Waals surface area contributed by atoms with E-state index in [-0.39, 0.29) is 5.91 Å². The normalized spacial score (nSPS) is 10.9. The molecule has 0 aliphatic rings. The van der Waals surface area contributed by atoms with Gasteiger partial charge in [0, 0.05) is 16.8 Å². The van der Waals surface area contributed by atoms with Crippen LogP contribution in [0.2, 0.25) is 0 Å². The summed E-state index contributed by atoms with van der Waals surface area (Å²) in [7, 11) is 1.61. The second kappa shape index (κ2) is 7.71. The molecule has 0 saturated heterocycles. The Kier molecular flexibility index (Phi) is 4.60. The summed E-state index contributed by atoms with van der Waals surface area (Å²) in [6, 6.07) is 20.4. The van der Waals surface area contributed by atoms with Crippen LogP contribution in [-0.4, -0.2) is 43.0 Å². The maximum absolute atomic E-state index is 12.7. The minimum absolute atomic E-state index is 0.291. The lowest BCUT2D eigenvalue weighted by atomic mass is 10.1. The second-order valence-corrected chi connectivity index (χ2v) is 6.79. The van der Waals surface area contributed by atoms with E-state index < -0.39 is 0 Å². The zero-order valence-electron chi connectivity index (χ0n) is 16.5. The van der Waals surface area contributed by atoms with E-state index in [1.807, 2.05) is 60.7 Å². The Morgan fingerprint density at radius 1 is 1.00 bits per heavy atom. The highest BCUT2D eigenvalue weighted by atomic mass is 16.5. The van der Waals surface area contributed by atoms with Gasteiger partial charge in [-0.3, -0.25) is 9.89 Å². The summed E-state index contributed by atoms with van der Waals surface area (Å²) in [5, 5.41) is 22.2. The van der Waals surface area contributed by atoms with Gasteiger partial charge in [-0.15, -0.1) is 10.2 Å². The molecule has 5 rings (SSSR count). The maximum atomic E-state index is 12.7. The van der Waals surface area contributed by atoms with Gasteiger partial charge < -0.3 is 10.1 Å². The SMILES string of the molecule is COc1cccc(-c2cc(C(=O)Nc3cccc(-c4ccc5nncn5n4)c3)[nH]n2)c1. The van der Waals surface area contributed by atoms with E-state index in [4.69, 9.17) is 4.74 Å². The van der Waals surface area contributed by atoms with Gasteiger partial charge >= 0.3 is 0 Å². The number of fused-ring (bicyclic) bond motifs is 1. The van der Waals surface area contributed by atoms with Crippen LogP contribution in [0, 0.1) is 0 Å². The number of carbonyl (C=O) groups is 1. The van der Waals surface area contributed by atoms with E-state index in [9.17, 15) is 4.79 Å². The van der Waals surface area contributed by atoms with Crippen LogP contribution < -0.4 is 10.1 Å². The fraction of sp³-hybridized carbons (Fsp3) is 0.0455. The third kappa shape index (κ3) is 3.71. The third-order valence-corrected chi connectivity index (χ3v) is 4.77. The molecule has 1 amide bonds. The van der Waals surface area contributed by atoms with E-state index in [0.717, 1.165) is 22.6 Å². The molecule has 9 heteroatoms. The zero-order valence-corrected chi connectivity index (χ0v) is 16.5. The molecular formula is C22H17N7O2. The quantitative estimate of drug-likeness (QED) is 0.458. The minimum Gasteiger partial charge on any atom is -0.497 e. The summed E-state index contributed by atoms with van der Waals surface area (Å²) in [6.07, 6.45) is 1.54. The van der Waals surface area contributed by atoms with Crippen molar-refractivity contribution in [3.63, 3.8) is 0 Å². The van der Waals surface area contributed by atoms with E-state index in [1.54, 1.807) is 24.0 Å². The first-order valence-electron chi connectivity index (χ1n) is 9.48. The lowest BCUT2D eigenvalue weighted by Crippen LogP contribution is -2.12. The number of anilines is 1. The summed E-state index contributed by atoms with van der Waals surface area (Å²) in [6.45, 7) is 0. The predicted octanol–water partition coefficient (Wildman–Crippen LogP) is 3.44. The zero-order chi connectivity index (χ0) is 21.2. The van der Waals surface area contributed by atoms with Crippen molar-refractivity contribution in [2.45, 2.75) is 0 Å². The van der Waals surface area contributed by atoms with Crippen LogP contribution in [-0.2, 0) is 0 Å². The van der Waals surface area contributed by atoms with Gasteiger partial charge in [0.05, 0.1) is 18.5 Å². The maximum Gasteiger partial charge on any atom is 0.273 e. The molecule has 0 bridgehead atoms. The molecule has 0 atom stereocenters. The standard InChI is InChI=1S/C22H17N7O2/c1-31-17-7-3-5-15(11-17)19-12-20(26-25-19)22(30)24-16-6-2-4-14(10-16)18-8-9-21-27-23-13-29(21)28-18/h2-13H,1H3,(H,24,30)(H,25,26). The highest BCUT2D eigenvalue weighted by Crippen LogP contribution is 2.24. The number of benzene rings is 2. The molecule has 0 fully saturated rings. The second-order valence-electron chi connectivity index (χ2n) is 6.79. The Balaban J connectivity index is 1.36. The average Bonchev–Trinajstić information content (AvgIpc) is 3.49. The summed E-state index contributed by atoms with van der Waals surface area (Å²) in [5.74, 6) is 0.433. The van der Waals surface area contributed by atoms with Crippen molar-refractivity contribution in [1.29, 1.82) is 0 Å². The molecule has 0 unspecified atom stereocenters. The van der Waals surface area contributed by atoms with Gasteiger partial charge in [0.25, 0.3) is 5.91 Å². The van der Waals surface area contributed by atoms with Crippen molar-refractivity contribution in [2.24, 2.45) is 0 Å². The lowest BCUT2D eigenvalue weighted by Gasteiger charge is -2.06. The van der Waals surface area contributed by atoms with Crippen LogP contribution >= 0.6 is 0 Å². The average molecular weight is 411 g/mol. The fourth-order valence-electron chi connectivity index (χ4n) is 3.21. The number of aromatic amines is 1. The number of hydrogen-bond donors (Lipinski definition) is 2. The number of rotatable bonds is 5. The van der Waals surface area contributed by atoms with E-state index in [2.05, 4.69) is 30.8 Å². The van der Waals surface area contributed by atoms with Crippen molar-refractivity contribution in [2.75, 3.05) is 12.4 Å². The molecule has 3 aromatic heterocycles. The van der Waals surface area contributed by atoms with Crippen molar-refractivity contribution in [3.8, 4) is 28.3 Å². The molecule has 2 aromatic carbocycles.